The van der Waals surface area contributed by atoms with Crippen molar-refractivity contribution >= 4 is 16.1 Å². The molecule has 14 nitrogen and oxygen atoms in total. The number of fused-ring (bicyclic) bond motifs is 2. The van der Waals surface area contributed by atoms with Crippen molar-refractivity contribution in [3.05, 3.63) is 65.0 Å². The van der Waals surface area contributed by atoms with Crippen molar-refractivity contribution in [2.24, 2.45) is 11.8 Å². The van der Waals surface area contributed by atoms with E-state index in [0.717, 1.165) is 23.2 Å². The zero-order valence-corrected chi connectivity index (χ0v) is 31.2. The van der Waals surface area contributed by atoms with Crippen LogP contribution in [-0.4, -0.2) is 92.2 Å². The molecule has 15 heteroatoms. The highest BCUT2D eigenvalue weighted by atomic mass is 32.2. The molecule has 0 aliphatic carbocycles. The van der Waals surface area contributed by atoms with E-state index in [-0.39, 0.29) is 49.5 Å². The number of carbonyl (C=O) groups excluding carboxylic acids is 1. The first-order valence-corrected chi connectivity index (χ1v) is 19.2. The first kappa shape index (κ1) is 36.5. The Kier molecular flexibility index (Phi) is 10.2. The zero-order chi connectivity index (χ0) is 36.8. The Balaban J connectivity index is 1.16. The molecular weight excluding hydrogens is 694 g/mol. The van der Waals surface area contributed by atoms with Gasteiger partial charge in [0.2, 0.25) is 16.8 Å². The predicted octanol–water partition coefficient (Wildman–Crippen LogP) is 5.19. The van der Waals surface area contributed by atoms with Gasteiger partial charge in [0, 0.05) is 19.2 Å². The molecule has 0 spiro atoms. The maximum absolute atomic E-state index is 14.3. The van der Waals surface area contributed by atoms with Gasteiger partial charge in [0.15, 0.2) is 17.8 Å². The second-order valence-electron chi connectivity index (χ2n) is 14.7. The number of hydrogen-bond donors (Lipinski definition) is 0. The van der Waals surface area contributed by atoms with Crippen molar-refractivity contribution in [2.75, 3.05) is 33.1 Å². The van der Waals surface area contributed by atoms with Gasteiger partial charge in [-0.05, 0) is 76.3 Å². The van der Waals surface area contributed by atoms with E-state index in [0.29, 0.717) is 42.6 Å². The Labute approximate surface area is 304 Å². The Hall–Kier alpha value is -3.89. The first-order valence-electron chi connectivity index (χ1n) is 17.7. The maximum atomic E-state index is 14.3. The van der Waals surface area contributed by atoms with Crippen LogP contribution in [0, 0.1) is 25.7 Å². The number of sulfonamides is 1. The van der Waals surface area contributed by atoms with Gasteiger partial charge in [-0.3, -0.25) is 4.90 Å². The molecule has 4 aliphatic rings. The maximum Gasteiger partial charge on any atom is 0.412 e. The summed E-state index contributed by atoms with van der Waals surface area (Å²) in [5.41, 5.74) is 1.46. The normalized spacial score (nSPS) is 24.9. The quantitative estimate of drug-likeness (QED) is 0.241. The SMILES string of the molecule is Cc1noc(C)c1COc1ccc(C[C@H]2[C@@H](CN(CC(C)C)S(=O)(=O)c3ccc4c(c3)OCO4)OC(C)(C)N2C(=O)O[C@H]2CO[C@H]3OCC[C@H]32)cc1. The molecule has 0 bridgehead atoms. The van der Waals surface area contributed by atoms with E-state index in [1.54, 1.807) is 24.8 Å². The molecule has 3 fully saturated rings. The Bertz CT molecular complexity index is 1840. The van der Waals surface area contributed by atoms with E-state index in [1.807, 2.05) is 52.0 Å². The van der Waals surface area contributed by atoms with Gasteiger partial charge < -0.3 is 37.7 Å². The molecule has 5 heterocycles. The fourth-order valence-electron chi connectivity index (χ4n) is 7.43. The number of amides is 1. The molecule has 3 aromatic rings. The van der Waals surface area contributed by atoms with E-state index in [4.69, 9.17) is 37.7 Å². The molecular formula is C37H47N3O11S. The lowest BCUT2D eigenvalue weighted by Gasteiger charge is -2.34. The monoisotopic (exact) mass is 741 g/mol. The predicted molar refractivity (Wildman–Crippen MR) is 185 cm³/mol. The minimum Gasteiger partial charge on any atom is -0.489 e. The number of hydrogen-bond acceptors (Lipinski definition) is 12. The first-order chi connectivity index (χ1) is 24.8. The van der Waals surface area contributed by atoms with Crippen molar-refractivity contribution in [3.8, 4) is 17.2 Å². The molecule has 282 valence electrons. The van der Waals surface area contributed by atoms with E-state index in [1.165, 1.54) is 16.4 Å². The van der Waals surface area contributed by atoms with E-state index in [2.05, 4.69) is 5.16 Å². The van der Waals surface area contributed by atoms with Crippen LogP contribution in [0.5, 0.6) is 17.2 Å². The molecule has 0 radical (unpaired) electrons. The number of rotatable bonds is 12. The number of aromatic nitrogens is 1. The van der Waals surface area contributed by atoms with Crippen LogP contribution in [0.2, 0.25) is 0 Å². The third kappa shape index (κ3) is 7.33. The molecule has 1 amide bonds. The van der Waals surface area contributed by atoms with Crippen LogP contribution < -0.4 is 14.2 Å². The van der Waals surface area contributed by atoms with Crippen LogP contribution in [0.3, 0.4) is 0 Å². The van der Waals surface area contributed by atoms with Crippen molar-refractivity contribution in [2.45, 2.75) is 96.2 Å². The van der Waals surface area contributed by atoms with Crippen LogP contribution >= 0.6 is 0 Å². The fourth-order valence-corrected chi connectivity index (χ4v) is 9.07. The zero-order valence-electron chi connectivity index (χ0n) is 30.4. The van der Waals surface area contributed by atoms with Crippen LogP contribution in [0.4, 0.5) is 4.79 Å². The van der Waals surface area contributed by atoms with Gasteiger partial charge in [-0.25, -0.2) is 13.2 Å². The summed E-state index contributed by atoms with van der Waals surface area (Å²) in [5, 5.41) is 4.00. The molecule has 0 N–H and O–H groups in total. The molecule has 0 saturated carbocycles. The summed E-state index contributed by atoms with van der Waals surface area (Å²) in [6, 6.07) is 11.7. The molecule has 0 unspecified atom stereocenters. The lowest BCUT2D eigenvalue weighted by molar-refractivity contribution is -0.0911. The van der Waals surface area contributed by atoms with E-state index in [9.17, 15) is 13.2 Å². The summed E-state index contributed by atoms with van der Waals surface area (Å²) in [6.07, 6.45) is -0.998. The third-order valence-corrected chi connectivity index (χ3v) is 11.9. The molecule has 2 aromatic carbocycles. The van der Waals surface area contributed by atoms with Crippen molar-refractivity contribution in [3.63, 3.8) is 0 Å². The van der Waals surface area contributed by atoms with Crippen LogP contribution in [0.15, 0.2) is 51.9 Å². The number of nitrogens with zero attached hydrogens (tertiary/aromatic N) is 3. The summed E-state index contributed by atoms with van der Waals surface area (Å²) in [4.78, 5) is 15.9. The molecule has 3 saturated heterocycles. The molecule has 1 aromatic heterocycles. The van der Waals surface area contributed by atoms with E-state index >= 15 is 0 Å². The number of carbonyl (C=O) groups is 1. The topological polar surface area (TPSA) is 148 Å². The number of ether oxygens (including phenoxy) is 7. The van der Waals surface area contributed by atoms with Crippen LogP contribution in [0.25, 0.3) is 0 Å². The van der Waals surface area contributed by atoms with Gasteiger partial charge in [-0.2, -0.15) is 4.31 Å². The van der Waals surface area contributed by atoms with Crippen LogP contribution in [0.1, 0.15) is 56.7 Å². The van der Waals surface area contributed by atoms with Gasteiger partial charge in [-0.15, -0.1) is 0 Å². The average molecular weight is 742 g/mol. The van der Waals surface area contributed by atoms with Crippen molar-refractivity contribution in [1.29, 1.82) is 0 Å². The molecule has 7 rings (SSSR count). The molecule has 4 aliphatic heterocycles. The largest absolute Gasteiger partial charge is 0.489 e. The highest BCUT2D eigenvalue weighted by molar-refractivity contribution is 7.89. The molecule has 52 heavy (non-hydrogen) atoms. The second-order valence-corrected chi connectivity index (χ2v) is 16.6. The highest BCUT2D eigenvalue weighted by Crippen LogP contribution is 2.40. The fraction of sp³-hybridized carbons (Fsp3) is 0.568. The smallest absolute Gasteiger partial charge is 0.412 e. The minimum absolute atomic E-state index is 0.000361. The van der Waals surface area contributed by atoms with Crippen molar-refractivity contribution < 1.29 is 50.9 Å². The summed E-state index contributed by atoms with van der Waals surface area (Å²) < 4.78 is 76.4. The lowest BCUT2D eigenvalue weighted by Crippen LogP contribution is -2.51. The van der Waals surface area contributed by atoms with Gasteiger partial charge in [0.1, 0.15) is 29.9 Å². The van der Waals surface area contributed by atoms with Gasteiger partial charge in [0.05, 0.1) is 47.4 Å². The summed E-state index contributed by atoms with van der Waals surface area (Å²) >= 11 is 0. The number of aryl methyl sites for hydroxylation is 2. The number of benzene rings is 2. The minimum atomic E-state index is -4.02. The van der Waals surface area contributed by atoms with Crippen molar-refractivity contribution in [1.82, 2.24) is 14.4 Å². The lowest BCUT2D eigenvalue weighted by atomic mass is 9.99. The van der Waals surface area contributed by atoms with Crippen LogP contribution in [-0.2, 0) is 42.0 Å². The van der Waals surface area contributed by atoms with Gasteiger partial charge >= 0.3 is 6.09 Å². The third-order valence-electron chi connectivity index (χ3n) is 10.1. The van der Waals surface area contributed by atoms with E-state index < -0.39 is 40.1 Å². The standard InChI is InChI=1S/C37H47N3O11S/c1-22(2)17-39(52(42,43)27-11-12-31-32(16-27)48-21-47-31)18-33-30(15-25-7-9-26(10-8-25)45-19-29-23(3)38-51-24(29)4)40(37(5,6)50-33)36(41)49-34-20-46-35-28(34)13-14-44-35/h7-12,16,22,28,30,33-35H,13-15,17-21H2,1-6H3/t28-,30-,33+,34-,35+/m0/s1. The highest BCUT2D eigenvalue weighted by Gasteiger charge is 2.53. The Morgan fingerprint density at radius 3 is 2.58 bits per heavy atom. The molecule has 5 atom stereocenters. The Morgan fingerprint density at radius 1 is 1.08 bits per heavy atom. The van der Waals surface area contributed by atoms with Gasteiger partial charge in [-0.1, -0.05) is 31.1 Å². The Morgan fingerprint density at radius 2 is 1.85 bits per heavy atom. The summed E-state index contributed by atoms with van der Waals surface area (Å²) in [7, 11) is -4.02. The average Bonchev–Trinajstić information content (AvgIpc) is 3.92. The second kappa shape index (κ2) is 14.5. The summed E-state index contributed by atoms with van der Waals surface area (Å²) in [5.74, 6) is 2.19. The van der Waals surface area contributed by atoms with Gasteiger partial charge in [0.25, 0.3) is 0 Å². The summed E-state index contributed by atoms with van der Waals surface area (Å²) in [6.45, 7) is 12.6.